The number of carbonyl (C=O) groups excluding carboxylic acids is 1. The average Bonchev–Trinajstić information content (AvgIpc) is 3.27. The summed E-state index contributed by atoms with van der Waals surface area (Å²) in [7, 11) is -0.442. The molecule has 0 spiro atoms. The molecule has 3 rings (SSSR count). The lowest BCUT2D eigenvalue weighted by molar-refractivity contribution is -0.120. The van der Waals surface area contributed by atoms with Crippen molar-refractivity contribution in [1.29, 1.82) is 1.43 Å². The van der Waals surface area contributed by atoms with Gasteiger partial charge in [0.25, 0.3) is 8.53 Å². The molecule has 1 aliphatic rings. The number of aromatic nitrogens is 2. The van der Waals surface area contributed by atoms with Crippen LogP contribution < -0.4 is 10.4 Å². The summed E-state index contributed by atoms with van der Waals surface area (Å²) in [4.78, 5) is 29.1. The maximum atomic E-state index is 15.9. The third-order valence-corrected chi connectivity index (χ3v) is 7.98. The fourth-order valence-corrected chi connectivity index (χ4v) is 5.89. The first-order chi connectivity index (χ1) is 20.6. The number of hydrogen-bond acceptors (Lipinski definition) is 9. The Kier molecular flexibility index (Phi) is 13.2. The van der Waals surface area contributed by atoms with E-state index in [0.29, 0.717) is 12.2 Å². The van der Waals surface area contributed by atoms with Gasteiger partial charge in [0.15, 0.2) is 18.2 Å². The molecule has 5 unspecified atom stereocenters. The first-order valence-electron chi connectivity index (χ1n) is 14.4. The van der Waals surface area contributed by atoms with E-state index < -0.39 is 38.8 Å². The minimum absolute atomic E-state index is 0.0303. The van der Waals surface area contributed by atoms with Crippen LogP contribution in [0.25, 0.3) is 0 Å². The van der Waals surface area contributed by atoms with Crippen molar-refractivity contribution in [3.8, 4) is 18.1 Å². The third kappa shape index (κ3) is 9.96. The summed E-state index contributed by atoms with van der Waals surface area (Å²) in [6.45, 7) is 7.71. The van der Waals surface area contributed by atoms with Crippen molar-refractivity contribution in [2.24, 2.45) is 0 Å². The van der Waals surface area contributed by atoms with Crippen LogP contribution in [0, 0.1) is 12.3 Å². The van der Waals surface area contributed by atoms with Crippen LogP contribution in [0.4, 0.5) is 4.39 Å². The van der Waals surface area contributed by atoms with E-state index in [1.807, 2.05) is 38.4 Å². The van der Waals surface area contributed by atoms with Gasteiger partial charge in [0.05, 0.1) is 24.8 Å². The molecule has 5 atom stereocenters. The second-order valence-corrected chi connectivity index (χ2v) is 11.0. The van der Waals surface area contributed by atoms with E-state index in [4.69, 9.17) is 27.7 Å². The van der Waals surface area contributed by atoms with E-state index in [2.05, 4.69) is 16.0 Å². The zero-order valence-corrected chi connectivity index (χ0v) is 25.0. The number of nitrogens with zero attached hydrogens (tertiary/aromatic N) is 3. The van der Waals surface area contributed by atoms with Gasteiger partial charge in [-0.3, -0.25) is 9.36 Å². The van der Waals surface area contributed by atoms with Crippen molar-refractivity contribution < 1.29 is 34.2 Å². The molecule has 2 aromatic rings. The molecule has 1 aromatic carbocycles. The second kappa shape index (κ2) is 17.3. The van der Waals surface area contributed by atoms with Crippen molar-refractivity contribution in [3.63, 3.8) is 0 Å². The summed E-state index contributed by atoms with van der Waals surface area (Å²) in [6.07, 6.45) is 1.75. The van der Waals surface area contributed by atoms with E-state index in [0.717, 1.165) is 4.57 Å². The molecular weight excluding hydrogens is 552 g/mol. The van der Waals surface area contributed by atoms with Crippen molar-refractivity contribution >= 4 is 14.3 Å². The number of halogens is 1. The molecule has 12 heteroatoms. The number of terminal acetylenes is 1. The summed E-state index contributed by atoms with van der Waals surface area (Å²) in [5, 5.41) is 3.50. The topological polar surface area (TPSA) is 112 Å². The Hall–Kier alpha value is -2.71. The van der Waals surface area contributed by atoms with Crippen LogP contribution in [0.15, 0.2) is 47.4 Å². The van der Waals surface area contributed by atoms with Gasteiger partial charge in [0.1, 0.15) is 18.5 Å². The Labute approximate surface area is 245 Å². The lowest BCUT2D eigenvalue weighted by Crippen LogP contribution is -2.38. The molecule has 41 heavy (non-hydrogen) atoms. The van der Waals surface area contributed by atoms with Crippen LogP contribution in [0.1, 0.15) is 54.3 Å². The summed E-state index contributed by atoms with van der Waals surface area (Å²) < 4.78 is 55.9. The Morgan fingerprint density at radius 2 is 2.02 bits per heavy atom. The number of aliphatic hydroxyl groups is 1. The number of ketones is 1. The van der Waals surface area contributed by atoms with Gasteiger partial charge in [-0.05, 0) is 52.8 Å². The number of alkyl halides is 1. The fraction of sp³-hybridized carbons (Fsp3) is 0.552. The first kappa shape index (κ1) is 31.2. The highest BCUT2D eigenvalue weighted by molar-refractivity contribution is 7.44. The molecular formula is C29H41FN3O7P. The van der Waals surface area contributed by atoms with Crippen LogP contribution in [0.3, 0.4) is 0 Å². The van der Waals surface area contributed by atoms with Gasteiger partial charge in [0.2, 0.25) is 1.43 Å². The number of para-hydroxylation sites is 1. The number of Topliss-reactive ketones (excluding diaryl/α,β-unsaturated/α-hetero) is 1. The molecule has 1 aromatic heterocycles. The number of ether oxygens (including phenoxy) is 2. The molecule has 226 valence electrons. The average molecular weight is 597 g/mol. The number of carbonyl (C=O) groups is 1. The Morgan fingerprint density at radius 3 is 2.61 bits per heavy atom. The zero-order chi connectivity index (χ0) is 31.9. The largest absolute Gasteiger partial charge is 0.486 e. The predicted molar refractivity (Wildman–Crippen MR) is 155 cm³/mol. The molecule has 0 aliphatic carbocycles. The fourth-order valence-electron chi connectivity index (χ4n) is 4.13. The minimum Gasteiger partial charge on any atom is -0.486 e. The number of benzene rings is 1. The molecule has 10 nitrogen and oxygen atoms in total. The molecule has 0 radical (unpaired) electrons. The molecule has 0 saturated carbocycles. The highest BCUT2D eigenvalue weighted by Crippen LogP contribution is 2.50. The van der Waals surface area contributed by atoms with Gasteiger partial charge >= 0.3 is 5.69 Å². The summed E-state index contributed by atoms with van der Waals surface area (Å²) in [6, 6.07) is 10.4. The molecule has 2 heterocycles. The van der Waals surface area contributed by atoms with Crippen LogP contribution in [-0.2, 0) is 25.0 Å². The molecule has 1 fully saturated rings. The summed E-state index contributed by atoms with van der Waals surface area (Å²) in [5.41, 5.74) is -0.541. The van der Waals surface area contributed by atoms with Gasteiger partial charge in [-0.15, -0.1) is 12.3 Å². The second-order valence-electron chi connectivity index (χ2n) is 9.60. The van der Waals surface area contributed by atoms with Crippen LogP contribution in [-0.4, -0.2) is 77.3 Å². The SMILES string of the molecule is [2H]CC1OC(n2ccc(CC(=O)COc3ccccc3)nc2=O)C(F)C1OP(OCCC#C)N(C(C)C)C(C)C.[3H]OC. The van der Waals surface area contributed by atoms with Gasteiger partial charge in [0, 0.05) is 33.2 Å². The van der Waals surface area contributed by atoms with Crippen molar-refractivity contribution in [3.05, 3.63) is 58.8 Å². The standard InChI is InChI=1S/C28H37FN3O6P.CH4O/c1-7-8-16-36-39(32(19(2)3)20(4)5)38-26-21(6)37-27(25(26)29)31-15-14-22(30-28(31)34)17-23(33)18-35-24-12-10-9-11-13-24;1-2/h1,9-15,19-21,25-27H,8,16-18H2,2-6H3;2H,1H3/i6D;2T. The monoisotopic (exact) mass is 596 g/mol. The predicted octanol–water partition coefficient (Wildman–Crippen LogP) is 4.07. The lowest BCUT2D eigenvalue weighted by Gasteiger charge is -2.37. The molecule has 0 amide bonds. The maximum absolute atomic E-state index is 15.9. The zero-order valence-electron chi connectivity index (χ0n) is 26.1. The summed E-state index contributed by atoms with van der Waals surface area (Å²) >= 11 is 0. The highest BCUT2D eigenvalue weighted by Gasteiger charge is 2.48. The van der Waals surface area contributed by atoms with E-state index >= 15 is 4.39 Å². The third-order valence-electron chi connectivity index (χ3n) is 5.86. The van der Waals surface area contributed by atoms with Crippen molar-refractivity contribution in [2.75, 3.05) is 20.3 Å². The van der Waals surface area contributed by atoms with E-state index in [-0.39, 0.29) is 50.1 Å². The number of aliphatic hydroxyl groups excluding tert-OH is 1. The van der Waals surface area contributed by atoms with Crippen LogP contribution >= 0.6 is 8.53 Å². The first-order valence-corrected chi connectivity index (χ1v) is 14.4. The Balaban J connectivity index is 0.00000206. The van der Waals surface area contributed by atoms with E-state index in [9.17, 15) is 9.59 Å². The number of hydrogen-bond donors (Lipinski definition) is 1. The van der Waals surface area contributed by atoms with Crippen LogP contribution in [0.2, 0.25) is 0 Å². The Bertz CT molecular complexity index is 1210. The smallest absolute Gasteiger partial charge is 0.350 e. The van der Waals surface area contributed by atoms with Gasteiger partial charge in [-0.1, -0.05) is 18.2 Å². The van der Waals surface area contributed by atoms with E-state index in [1.165, 1.54) is 19.4 Å². The normalized spacial score (nSPS) is 21.6. The highest BCUT2D eigenvalue weighted by atomic mass is 31.2. The number of rotatable bonds is 14. The van der Waals surface area contributed by atoms with Crippen molar-refractivity contribution in [1.82, 2.24) is 14.2 Å². The quantitative estimate of drug-likeness (QED) is 0.196. The van der Waals surface area contributed by atoms with Crippen molar-refractivity contribution in [2.45, 2.75) is 84.1 Å². The van der Waals surface area contributed by atoms with E-state index in [1.54, 1.807) is 24.3 Å². The maximum Gasteiger partial charge on any atom is 0.350 e. The van der Waals surface area contributed by atoms with Gasteiger partial charge in [-0.25, -0.2) is 13.9 Å². The Morgan fingerprint density at radius 1 is 1.34 bits per heavy atom. The molecule has 0 bridgehead atoms. The lowest BCUT2D eigenvalue weighted by atomic mass is 10.2. The molecule has 1 aliphatic heterocycles. The molecule has 1 N–H and O–H groups in total. The summed E-state index contributed by atoms with van der Waals surface area (Å²) in [5.74, 6) is 2.81. The minimum atomic E-state index is -1.77. The van der Waals surface area contributed by atoms with Gasteiger partial charge in [-0.2, -0.15) is 4.98 Å². The molecule has 1 saturated heterocycles. The van der Waals surface area contributed by atoms with Gasteiger partial charge < -0.3 is 23.6 Å². The van der Waals surface area contributed by atoms with Crippen LogP contribution in [0.5, 0.6) is 5.75 Å².